The van der Waals surface area contributed by atoms with Gasteiger partial charge >= 0.3 is 5.97 Å². The normalized spacial score (nSPS) is 16.9. The number of hydrogen-bond acceptors (Lipinski definition) is 7. The lowest BCUT2D eigenvalue weighted by atomic mass is 10.1. The number of carbonyl (C=O) groups excluding carboxylic acids is 1. The fourth-order valence-corrected chi connectivity index (χ4v) is 4.38. The van der Waals surface area contributed by atoms with Crippen molar-refractivity contribution in [2.24, 2.45) is 7.05 Å². The van der Waals surface area contributed by atoms with Gasteiger partial charge in [0.1, 0.15) is 23.4 Å². The molecule has 3 aromatic rings. The monoisotopic (exact) mass is 447 g/mol. The summed E-state index contributed by atoms with van der Waals surface area (Å²) < 4.78 is 7.18. The zero-order chi connectivity index (χ0) is 23.9. The average molecular weight is 448 g/mol. The van der Waals surface area contributed by atoms with Gasteiger partial charge in [0.25, 0.3) is 5.56 Å². The third-order valence-corrected chi connectivity index (χ3v) is 6.07. The van der Waals surface area contributed by atoms with E-state index in [0.717, 1.165) is 22.5 Å². The highest BCUT2D eigenvalue weighted by Gasteiger charge is 2.35. The van der Waals surface area contributed by atoms with Crippen LogP contribution in [0.5, 0.6) is 0 Å². The van der Waals surface area contributed by atoms with Crippen molar-refractivity contribution in [3.05, 3.63) is 69.3 Å². The Kier molecular flexibility index (Phi) is 5.93. The van der Waals surface area contributed by atoms with Crippen molar-refractivity contribution in [1.82, 2.24) is 14.5 Å². The molecule has 8 nitrogen and oxygen atoms in total. The van der Waals surface area contributed by atoms with Crippen LogP contribution in [-0.4, -0.2) is 40.7 Å². The lowest BCUT2D eigenvalue weighted by Gasteiger charge is -2.25. The first kappa shape index (κ1) is 22.5. The fourth-order valence-electron chi connectivity index (χ4n) is 4.38. The highest BCUT2D eigenvalue weighted by atomic mass is 16.5. The topological polar surface area (TPSA) is 89.3 Å². The van der Waals surface area contributed by atoms with Crippen molar-refractivity contribution in [3.63, 3.8) is 0 Å². The number of fused-ring (bicyclic) bond motifs is 1. The van der Waals surface area contributed by atoms with Crippen molar-refractivity contribution in [2.75, 3.05) is 24.3 Å². The Balaban J connectivity index is 1.74. The Morgan fingerprint density at radius 2 is 1.97 bits per heavy atom. The fraction of sp³-hybridized carbons (Fsp3) is 0.360. The van der Waals surface area contributed by atoms with Crippen molar-refractivity contribution < 1.29 is 9.53 Å². The minimum atomic E-state index is -0.362. The quantitative estimate of drug-likeness (QED) is 0.601. The maximum atomic E-state index is 13.3. The van der Waals surface area contributed by atoms with Crippen LogP contribution in [0.3, 0.4) is 0 Å². The van der Waals surface area contributed by atoms with Crippen LogP contribution in [0.2, 0.25) is 0 Å². The van der Waals surface area contributed by atoms with E-state index in [1.54, 1.807) is 17.8 Å². The van der Waals surface area contributed by atoms with Gasteiger partial charge in [-0.1, -0.05) is 24.3 Å². The summed E-state index contributed by atoms with van der Waals surface area (Å²) in [6.07, 6.45) is 1.96. The van der Waals surface area contributed by atoms with E-state index in [0.29, 0.717) is 29.2 Å². The molecule has 0 radical (unpaired) electrons. The second kappa shape index (κ2) is 8.69. The van der Waals surface area contributed by atoms with Crippen LogP contribution in [-0.2, 0) is 23.0 Å². The molecular weight excluding hydrogens is 418 g/mol. The first-order valence-corrected chi connectivity index (χ1v) is 10.9. The molecule has 1 aliphatic carbocycles. The van der Waals surface area contributed by atoms with Gasteiger partial charge in [-0.3, -0.25) is 14.2 Å². The van der Waals surface area contributed by atoms with E-state index in [1.165, 1.54) is 6.92 Å². The van der Waals surface area contributed by atoms with E-state index in [4.69, 9.17) is 4.74 Å². The van der Waals surface area contributed by atoms with Crippen LogP contribution in [0.25, 0.3) is 11.3 Å². The Labute approximate surface area is 193 Å². The lowest BCUT2D eigenvalue weighted by Crippen LogP contribution is -2.31. The third-order valence-electron chi connectivity index (χ3n) is 6.07. The molecule has 8 heteroatoms. The zero-order valence-corrected chi connectivity index (χ0v) is 19.8. The number of ether oxygens (including phenoxy) is 1. The first-order chi connectivity index (χ1) is 15.7. The third kappa shape index (κ3) is 4.20. The zero-order valence-electron chi connectivity index (χ0n) is 19.8. The summed E-state index contributed by atoms with van der Waals surface area (Å²) in [6.45, 7) is 5.23. The molecule has 0 saturated carbocycles. The molecule has 33 heavy (non-hydrogen) atoms. The molecule has 0 bridgehead atoms. The Morgan fingerprint density at radius 3 is 2.64 bits per heavy atom. The number of nitrogens with zero attached hydrogens (tertiary/aromatic N) is 4. The van der Waals surface area contributed by atoms with E-state index in [1.807, 2.05) is 63.2 Å². The number of pyridine rings is 1. The van der Waals surface area contributed by atoms with E-state index in [2.05, 4.69) is 15.3 Å². The van der Waals surface area contributed by atoms with Gasteiger partial charge in [0.05, 0.1) is 11.7 Å². The lowest BCUT2D eigenvalue weighted by molar-refractivity contribution is -0.146. The second-order valence-corrected chi connectivity index (χ2v) is 8.68. The van der Waals surface area contributed by atoms with Crippen LogP contribution < -0.4 is 15.8 Å². The SMILES string of the molecule is CC(=O)OC1Cc2ccccc2C1Nc1c(C)nc(-c2cnc(N(C)C)cc2C)c(=O)n1C. The number of benzene rings is 1. The maximum absolute atomic E-state index is 13.3. The molecule has 1 N–H and O–H groups in total. The van der Waals surface area contributed by atoms with Gasteiger partial charge in [-0.15, -0.1) is 0 Å². The molecular formula is C25H29N5O3. The molecule has 0 aliphatic heterocycles. The smallest absolute Gasteiger partial charge is 0.302 e. The van der Waals surface area contributed by atoms with Crippen LogP contribution in [0.15, 0.2) is 41.3 Å². The van der Waals surface area contributed by atoms with Crippen molar-refractivity contribution in [1.29, 1.82) is 0 Å². The van der Waals surface area contributed by atoms with E-state index >= 15 is 0 Å². The summed E-state index contributed by atoms with van der Waals surface area (Å²) in [5.74, 6) is 1.08. The molecule has 2 heterocycles. The molecule has 172 valence electrons. The number of rotatable bonds is 5. The van der Waals surface area contributed by atoms with Gasteiger partial charge in [-0.2, -0.15) is 0 Å². The van der Waals surface area contributed by atoms with Gasteiger partial charge in [0.2, 0.25) is 0 Å². The summed E-state index contributed by atoms with van der Waals surface area (Å²) in [6, 6.07) is 9.66. The Morgan fingerprint density at radius 1 is 1.24 bits per heavy atom. The van der Waals surface area contributed by atoms with Crippen LogP contribution >= 0.6 is 0 Å². The van der Waals surface area contributed by atoms with Crippen molar-refractivity contribution in [3.8, 4) is 11.3 Å². The summed E-state index contributed by atoms with van der Waals surface area (Å²) >= 11 is 0. The maximum Gasteiger partial charge on any atom is 0.302 e. The predicted octanol–water partition coefficient (Wildman–Crippen LogP) is 3.17. The summed E-state index contributed by atoms with van der Waals surface area (Å²) in [5, 5.41) is 3.45. The number of hydrogen-bond donors (Lipinski definition) is 1. The number of esters is 1. The highest BCUT2D eigenvalue weighted by Crippen LogP contribution is 2.36. The first-order valence-electron chi connectivity index (χ1n) is 10.9. The molecule has 0 spiro atoms. The molecule has 4 rings (SSSR count). The van der Waals surface area contributed by atoms with Gasteiger partial charge in [0.15, 0.2) is 0 Å². The van der Waals surface area contributed by atoms with E-state index in [-0.39, 0.29) is 23.7 Å². The Hall–Kier alpha value is -3.68. The number of anilines is 2. The highest BCUT2D eigenvalue weighted by molar-refractivity contribution is 5.67. The molecule has 0 amide bonds. The molecule has 0 saturated heterocycles. The summed E-state index contributed by atoms with van der Waals surface area (Å²) in [5.41, 5.74) is 4.63. The van der Waals surface area contributed by atoms with Gasteiger partial charge in [0, 0.05) is 46.2 Å². The van der Waals surface area contributed by atoms with Gasteiger partial charge in [-0.25, -0.2) is 9.97 Å². The van der Waals surface area contributed by atoms with E-state index < -0.39 is 0 Å². The van der Waals surface area contributed by atoms with Crippen LogP contribution in [0.1, 0.15) is 35.3 Å². The minimum absolute atomic E-state index is 0.221. The predicted molar refractivity (Wildman–Crippen MR) is 129 cm³/mol. The summed E-state index contributed by atoms with van der Waals surface area (Å²) in [7, 11) is 5.57. The van der Waals surface area contributed by atoms with Crippen LogP contribution in [0.4, 0.5) is 11.6 Å². The number of nitrogens with one attached hydrogen (secondary N) is 1. The molecule has 2 atom stereocenters. The number of aryl methyl sites for hydroxylation is 2. The van der Waals surface area contributed by atoms with Crippen LogP contribution in [0, 0.1) is 13.8 Å². The van der Waals surface area contributed by atoms with Gasteiger partial charge in [-0.05, 0) is 36.6 Å². The molecule has 2 aromatic heterocycles. The molecule has 0 fully saturated rings. The largest absolute Gasteiger partial charge is 0.460 e. The number of aromatic nitrogens is 3. The summed E-state index contributed by atoms with van der Waals surface area (Å²) in [4.78, 5) is 36.1. The second-order valence-electron chi connectivity index (χ2n) is 8.68. The number of carbonyl (C=O) groups is 1. The average Bonchev–Trinajstić information content (AvgIpc) is 3.10. The molecule has 1 aliphatic rings. The molecule has 1 aromatic carbocycles. The molecule has 2 unspecified atom stereocenters. The van der Waals surface area contributed by atoms with Gasteiger partial charge < -0.3 is 15.0 Å². The van der Waals surface area contributed by atoms with E-state index in [9.17, 15) is 9.59 Å². The Bertz CT molecular complexity index is 1280. The van der Waals surface area contributed by atoms with Crippen molar-refractivity contribution >= 4 is 17.6 Å². The van der Waals surface area contributed by atoms with Crippen molar-refractivity contribution in [2.45, 2.75) is 39.3 Å². The standard InChI is InChI=1S/C25H29N5O3/c1-14-11-21(29(4)5)26-13-19(14)23-25(32)30(6)24(15(2)27-23)28-22-18-10-8-7-9-17(18)12-20(22)33-16(3)31/h7-11,13,20,22,28H,12H2,1-6H3. The minimum Gasteiger partial charge on any atom is -0.460 e.